The van der Waals surface area contributed by atoms with Crippen molar-refractivity contribution < 1.29 is 14.3 Å². The quantitative estimate of drug-likeness (QED) is 0.787. The minimum absolute atomic E-state index is 0.283. The van der Waals surface area contributed by atoms with E-state index in [9.17, 15) is 4.79 Å². The zero-order valence-electron chi connectivity index (χ0n) is 10.7. The molecule has 3 nitrogen and oxygen atoms in total. The highest BCUT2D eigenvalue weighted by atomic mass is 35.5. The number of hydrogen-bond acceptors (Lipinski definition) is 3. The molecular weight excluding hydrogens is 299 g/mol. The highest BCUT2D eigenvalue weighted by Gasteiger charge is 2.07. The van der Waals surface area contributed by atoms with Gasteiger partial charge in [-0.1, -0.05) is 35.3 Å². The Labute approximate surface area is 127 Å². The molecule has 0 N–H and O–H groups in total. The van der Waals surface area contributed by atoms with Gasteiger partial charge in [-0.15, -0.1) is 0 Å². The van der Waals surface area contributed by atoms with Crippen molar-refractivity contribution in [3.8, 4) is 5.75 Å². The predicted octanol–water partition coefficient (Wildman–Crippen LogP) is 4.36. The van der Waals surface area contributed by atoms with Crippen molar-refractivity contribution >= 4 is 29.2 Å². The van der Waals surface area contributed by atoms with Crippen LogP contribution in [0.1, 0.15) is 15.9 Å². The lowest BCUT2D eigenvalue weighted by atomic mass is 10.1. The molecule has 0 saturated heterocycles. The van der Waals surface area contributed by atoms with Crippen LogP contribution in [0.2, 0.25) is 10.0 Å². The molecule has 0 spiro atoms. The molecule has 0 unspecified atom stereocenters. The van der Waals surface area contributed by atoms with Crippen LogP contribution in [0.5, 0.6) is 5.75 Å². The predicted molar refractivity (Wildman–Crippen MR) is 78.6 cm³/mol. The normalized spacial score (nSPS) is 10.2. The molecule has 0 aliphatic carbocycles. The summed E-state index contributed by atoms with van der Waals surface area (Å²) in [5.74, 6) is 0.121. The van der Waals surface area contributed by atoms with E-state index in [1.165, 1.54) is 7.11 Å². The van der Waals surface area contributed by atoms with Gasteiger partial charge in [0.25, 0.3) is 0 Å². The second-order valence-corrected chi connectivity index (χ2v) is 4.90. The molecule has 20 heavy (non-hydrogen) atoms. The summed E-state index contributed by atoms with van der Waals surface area (Å²) in [5.41, 5.74) is 1.31. The Morgan fingerprint density at radius 1 is 1.15 bits per heavy atom. The van der Waals surface area contributed by atoms with Crippen molar-refractivity contribution in [1.29, 1.82) is 0 Å². The van der Waals surface area contributed by atoms with Gasteiger partial charge in [-0.05, 0) is 29.8 Å². The fourth-order valence-electron chi connectivity index (χ4n) is 1.65. The highest BCUT2D eigenvalue weighted by molar-refractivity contribution is 6.34. The summed E-state index contributed by atoms with van der Waals surface area (Å²) in [6, 6.07) is 12.0. The number of benzene rings is 2. The molecule has 104 valence electrons. The number of esters is 1. The van der Waals surface area contributed by atoms with E-state index in [2.05, 4.69) is 4.74 Å². The Bertz CT molecular complexity index is 626. The van der Waals surface area contributed by atoms with Crippen molar-refractivity contribution in [2.45, 2.75) is 6.61 Å². The number of methoxy groups -OCH3 is 1. The first-order valence-electron chi connectivity index (χ1n) is 5.85. The summed E-state index contributed by atoms with van der Waals surface area (Å²) < 4.78 is 10.3. The molecule has 2 aromatic carbocycles. The first-order valence-corrected chi connectivity index (χ1v) is 6.61. The maximum atomic E-state index is 11.4. The second kappa shape index (κ2) is 6.64. The third kappa shape index (κ3) is 3.65. The van der Waals surface area contributed by atoms with Crippen LogP contribution in [-0.2, 0) is 11.3 Å². The molecule has 0 aliphatic rings. The maximum Gasteiger partial charge on any atom is 0.337 e. The third-order valence-electron chi connectivity index (χ3n) is 2.64. The average Bonchev–Trinajstić information content (AvgIpc) is 2.47. The summed E-state index contributed by atoms with van der Waals surface area (Å²) in [6.07, 6.45) is 0. The van der Waals surface area contributed by atoms with E-state index >= 15 is 0 Å². The van der Waals surface area contributed by atoms with Gasteiger partial charge in [0.05, 0.1) is 17.7 Å². The van der Waals surface area contributed by atoms with Gasteiger partial charge >= 0.3 is 5.97 Å². The summed E-state index contributed by atoms with van der Waals surface area (Å²) in [4.78, 5) is 11.4. The molecule has 0 heterocycles. The Hall–Kier alpha value is -1.71. The molecule has 0 amide bonds. The van der Waals surface area contributed by atoms with Gasteiger partial charge in [0.15, 0.2) is 0 Å². The monoisotopic (exact) mass is 310 g/mol. The molecule has 0 aromatic heterocycles. The van der Waals surface area contributed by atoms with Gasteiger partial charge in [0.1, 0.15) is 12.4 Å². The lowest BCUT2D eigenvalue weighted by molar-refractivity contribution is 0.0600. The molecule has 5 heteroatoms. The molecule has 2 aromatic rings. The molecular formula is C15H12Cl2O3. The second-order valence-electron chi connectivity index (χ2n) is 4.06. The van der Waals surface area contributed by atoms with Gasteiger partial charge in [-0.3, -0.25) is 0 Å². The van der Waals surface area contributed by atoms with Crippen molar-refractivity contribution in [3.63, 3.8) is 0 Å². The largest absolute Gasteiger partial charge is 0.487 e. The third-order valence-corrected chi connectivity index (χ3v) is 3.18. The summed E-state index contributed by atoms with van der Waals surface area (Å²) in [5, 5.41) is 1.03. The van der Waals surface area contributed by atoms with Crippen LogP contribution in [0.4, 0.5) is 0 Å². The van der Waals surface area contributed by atoms with Gasteiger partial charge in [-0.2, -0.15) is 0 Å². The maximum absolute atomic E-state index is 11.4. The first kappa shape index (κ1) is 14.7. The average molecular weight is 311 g/mol. The van der Waals surface area contributed by atoms with Crippen LogP contribution >= 0.6 is 23.2 Å². The van der Waals surface area contributed by atoms with Crippen LogP contribution in [0, 0.1) is 0 Å². The highest BCUT2D eigenvalue weighted by Crippen LogP contribution is 2.28. The van der Waals surface area contributed by atoms with Gasteiger partial charge in [0.2, 0.25) is 0 Å². The zero-order valence-corrected chi connectivity index (χ0v) is 12.2. The van der Waals surface area contributed by atoms with Crippen molar-refractivity contribution in [2.24, 2.45) is 0 Å². The lowest BCUT2D eigenvalue weighted by Gasteiger charge is -2.09. The molecule has 0 radical (unpaired) electrons. The lowest BCUT2D eigenvalue weighted by Crippen LogP contribution is -2.03. The van der Waals surface area contributed by atoms with Crippen LogP contribution in [0.3, 0.4) is 0 Å². The molecule has 0 bridgehead atoms. The Kier molecular flexibility index (Phi) is 4.88. The van der Waals surface area contributed by atoms with Crippen molar-refractivity contribution in [3.05, 3.63) is 63.6 Å². The van der Waals surface area contributed by atoms with E-state index in [1.54, 1.807) is 36.4 Å². The van der Waals surface area contributed by atoms with E-state index in [-0.39, 0.29) is 12.6 Å². The van der Waals surface area contributed by atoms with E-state index in [0.29, 0.717) is 21.4 Å². The van der Waals surface area contributed by atoms with Gasteiger partial charge in [-0.25, -0.2) is 4.79 Å². The topological polar surface area (TPSA) is 35.5 Å². The Balaban J connectivity index is 2.11. The van der Waals surface area contributed by atoms with Crippen molar-refractivity contribution in [1.82, 2.24) is 0 Å². The molecule has 0 atom stereocenters. The van der Waals surface area contributed by atoms with Gasteiger partial charge in [0, 0.05) is 11.1 Å². The first-order chi connectivity index (χ1) is 9.60. The van der Waals surface area contributed by atoms with Crippen LogP contribution in [-0.4, -0.2) is 13.1 Å². The SMILES string of the molecule is COC(=O)c1cccc(COc2cc(Cl)ccc2Cl)c1. The fourth-order valence-corrected chi connectivity index (χ4v) is 1.99. The minimum Gasteiger partial charge on any atom is -0.487 e. The van der Waals surface area contributed by atoms with E-state index in [4.69, 9.17) is 27.9 Å². The van der Waals surface area contributed by atoms with Crippen LogP contribution < -0.4 is 4.74 Å². The fraction of sp³-hybridized carbons (Fsp3) is 0.133. The van der Waals surface area contributed by atoms with E-state index in [0.717, 1.165) is 5.56 Å². The van der Waals surface area contributed by atoms with Crippen LogP contribution in [0.15, 0.2) is 42.5 Å². The minimum atomic E-state index is -0.382. The Morgan fingerprint density at radius 2 is 1.95 bits per heavy atom. The van der Waals surface area contributed by atoms with Gasteiger partial charge < -0.3 is 9.47 Å². The number of rotatable bonds is 4. The van der Waals surface area contributed by atoms with E-state index < -0.39 is 0 Å². The number of hydrogen-bond donors (Lipinski definition) is 0. The smallest absolute Gasteiger partial charge is 0.337 e. The molecule has 0 aliphatic heterocycles. The molecule has 2 rings (SSSR count). The Morgan fingerprint density at radius 3 is 2.70 bits per heavy atom. The molecule has 0 saturated carbocycles. The van der Waals surface area contributed by atoms with E-state index in [1.807, 2.05) is 6.07 Å². The summed E-state index contributed by atoms with van der Waals surface area (Å²) in [7, 11) is 1.34. The number of ether oxygens (including phenoxy) is 2. The zero-order chi connectivity index (χ0) is 14.5. The number of halogens is 2. The van der Waals surface area contributed by atoms with Crippen molar-refractivity contribution in [2.75, 3.05) is 7.11 Å². The summed E-state index contributed by atoms with van der Waals surface area (Å²) in [6.45, 7) is 0.283. The standard InChI is InChI=1S/C15H12Cl2O3/c1-19-15(18)11-4-2-3-10(7-11)9-20-14-8-12(16)5-6-13(14)17/h2-8H,9H2,1H3. The number of carbonyl (C=O) groups excluding carboxylic acids is 1. The summed E-state index contributed by atoms with van der Waals surface area (Å²) >= 11 is 11.9. The number of carbonyl (C=O) groups is 1. The molecule has 0 fully saturated rings. The van der Waals surface area contributed by atoms with Crippen LogP contribution in [0.25, 0.3) is 0 Å².